The molecular formula is C20H20N4O2. The number of hydrogen-bond donors (Lipinski definition) is 0. The molecule has 0 amide bonds. The van der Waals surface area contributed by atoms with Gasteiger partial charge < -0.3 is 4.57 Å². The topological polar surface area (TPSA) is 61.8 Å². The summed E-state index contributed by atoms with van der Waals surface area (Å²) in [6.07, 6.45) is 5.20. The van der Waals surface area contributed by atoms with Crippen molar-refractivity contribution in [3.05, 3.63) is 74.8 Å². The maximum absolute atomic E-state index is 13.0. The lowest BCUT2D eigenvalue weighted by molar-refractivity contribution is 0.619. The highest BCUT2D eigenvalue weighted by molar-refractivity contribution is 5.87. The SMILES string of the molecule is CCn1c(=O)c2cnccc2n(Cc2cn(C)c3cccc(C)c23)c1=O. The van der Waals surface area contributed by atoms with Gasteiger partial charge >= 0.3 is 5.69 Å². The number of fused-ring (bicyclic) bond motifs is 2. The van der Waals surface area contributed by atoms with E-state index in [0.29, 0.717) is 24.0 Å². The molecule has 0 fully saturated rings. The lowest BCUT2D eigenvalue weighted by atomic mass is 10.1. The van der Waals surface area contributed by atoms with Crippen LogP contribution in [0.4, 0.5) is 0 Å². The van der Waals surface area contributed by atoms with Crippen LogP contribution >= 0.6 is 0 Å². The van der Waals surface area contributed by atoms with Gasteiger partial charge in [0, 0.05) is 43.1 Å². The van der Waals surface area contributed by atoms with E-state index >= 15 is 0 Å². The van der Waals surface area contributed by atoms with E-state index in [1.165, 1.54) is 16.3 Å². The van der Waals surface area contributed by atoms with Crippen LogP contribution in [0.15, 0.2) is 52.4 Å². The maximum Gasteiger partial charge on any atom is 0.331 e. The Morgan fingerprint density at radius 2 is 1.88 bits per heavy atom. The summed E-state index contributed by atoms with van der Waals surface area (Å²) in [4.78, 5) is 29.6. The van der Waals surface area contributed by atoms with Gasteiger partial charge in [0.05, 0.1) is 17.4 Å². The Balaban J connectivity index is 2.03. The molecule has 0 bridgehead atoms. The normalized spacial score (nSPS) is 11.5. The Labute approximate surface area is 149 Å². The van der Waals surface area contributed by atoms with Gasteiger partial charge in [0.1, 0.15) is 0 Å². The second kappa shape index (κ2) is 5.98. The van der Waals surface area contributed by atoms with Crippen molar-refractivity contribution in [3.8, 4) is 0 Å². The highest BCUT2D eigenvalue weighted by atomic mass is 16.2. The van der Waals surface area contributed by atoms with E-state index in [2.05, 4.69) is 34.8 Å². The van der Waals surface area contributed by atoms with Crippen LogP contribution in [0, 0.1) is 6.92 Å². The van der Waals surface area contributed by atoms with E-state index in [-0.39, 0.29) is 11.2 Å². The molecule has 0 atom stereocenters. The fraction of sp³-hybridized carbons (Fsp3) is 0.250. The predicted molar refractivity (Wildman–Crippen MR) is 103 cm³/mol. The fourth-order valence-corrected chi connectivity index (χ4v) is 3.72. The highest BCUT2D eigenvalue weighted by Crippen LogP contribution is 2.25. The van der Waals surface area contributed by atoms with E-state index in [9.17, 15) is 9.59 Å². The third-order valence-corrected chi connectivity index (χ3v) is 4.97. The third kappa shape index (κ3) is 2.29. The van der Waals surface area contributed by atoms with Gasteiger partial charge in [-0.2, -0.15) is 0 Å². The van der Waals surface area contributed by atoms with Crippen LogP contribution < -0.4 is 11.2 Å². The Hall–Kier alpha value is -3.15. The molecule has 4 aromatic rings. The summed E-state index contributed by atoms with van der Waals surface area (Å²) in [7, 11) is 2.00. The fourth-order valence-electron chi connectivity index (χ4n) is 3.72. The van der Waals surface area contributed by atoms with Gasteiger partial charge in [0.2, 0.25) is 0 Å². The Morgan fingerprint density at radius 1 is 1.08 bits per heavy atom. The standard InChI is InChI=1S/C20H20N4O2/c1-4-23-19(25)15-10-21-9-8-16(15)24(20(23)26)12-14-11-22(3)17-7-5-6-13(2)18(14)17/h5-11H,4,12H2,1-3H3. The molecule has 6 nitrogen and oxygen atoms in total. The minimum Gasteiger partial charge on any atom is -0.350 e. The molecule has 0 spiro atoms. The molecule has 0 aliphatic heterocycles. The summed E-state index contributed by atoms with van der Waals surface area (Å²) in [6.45, 7) is 4.61. The molecule has 6 heteroatoms. The van der Waals surface area contributed by atoms with Crippen LogP contribution in [0.3, 0.4) is 0 Å². The van der Waals surface area contributed by atoms with Gasteiger partial charge in [-0.15, -0.1) is 0 Å². The molecule has 0 aliphatic rings. The van der Waals surface area contributed by atoms with Crippen LogP contribution in [0.5, 0.6) is 0 Å². The van der Waals surface area contributed by atoms with E-state index in [0.717, 1.165) is 16.5 Å². The number of aryl methyl sites for hydroxylation is 2. The first-order valence-corrected chi connectivity index (χ1v) is 8.63. The lowest BCUT2D eigenvalue weighted by Gasteiger charge is -2.13. The molecule has 0 radical (unpaired) electrons. The number of rotatable bonds is 3. The van der Waals surface area contributed by atoms with E-state index in [1.54, 1.807) is 23.8 Å². The largest absolute Gasteiger partial charge is 0.350 e. The summed E-state index contributed by atoms with van der Waals surface area (Å²) in [5.41, 5.74) is 3.39. The summed E-state index contributed by atoms with van der Waals surface area (Å²) in [6, 6.07) is 7.91. The van der Waals surface area contributed by atoms with Gasteiger partial charge in [-0.1, -0.05) is 12.1 Å². The van der Waals surface area contributed by atoms with Gasteiger partial charge in [0.15, 0.2) is 0 Å². The number of nitrogens with zero attached hydrogens (tertiary/aromatic N) is 4. The molecule has 0 unspecified atom stereocenters. The molecule has 3 aromatic heterocycles. The van der Waals surface area contributed by atoms with Crippen LogP contribution in [0.2, 0.25) is 0 Å². The predicted octanol–water partition coefficient (Wildman–Crippen LogP) is 2.43. The quantitative estimate of drug-likeness (QED) is 0.571. The summed E-state index contributed by atoms with van der Waals surface area (Å²) < 4.78 is 5.01. The Morgan fingerprint density at radius 3 is 2.65 bits per heavy atom. The van der Waals surface area contributed by atoms with E-state index in [1.807, 2.05) is 13.1 Å². The average Bonchev–Trinajstić information content (AvgIpc) is 2.96. The molecule has 1 aromatic carbocycles. The van der Waals surface area contributed by atoms with Crippen molar-refractivity contribution >= 4 is 21.8 Å². The molecule has 0 saturated carbocycles. The number of benzene rings is 1. The molecule has 0 aliphatic carbocycles. The van der Waals surface area contributed by atoms with Crippen LogP contribution in [-0.4, -0.2) is 18.7 Å². The van der Waals surface area contributed by atoms with Crippen molar-refractivity contribution in [2.75, 3.05) is 0 Å². The smallest absolute Gasteiger partial charge is 0.331 e. The molecule has 4 rings (SSSR count). The zero-order valence-electron chi connectivity index (χ0n) is 15.1. The van der Waals surface area contributed by atoms with Crippen molar-refractivity contribution in [3.63, 3.8) is 0 Å². The van der Waals surface area contributed by atoms with Gasteiger partial charge in [-0.05, 0) is 37.1 Å². The zero-order chi connectivity index (χ0) is 18.4. The lowest BCUT2D eigenvalue weighted by Crippen LogP contribution is -2.39. The van der Waals surface area contributed by atoms with Gasteiger partial charge in [-0.25, -0.2) is 4.79 Å². The number of aromatic nitrogens is 4. The molecule has 132 valence electrons. The molecule has 0 N–H and O–H groups in total. The first-order valence-electron chi connectivity index (χ1n) is 8.63. The second-order valence-electron chi connectivity index (χ2n) is 6.55. The van der Waals surface area contributed by atoms with Crippen LogP contribution in [-0.2, 0) is 20.1 Å². The minimum atomic E-state index is -0.290. The van der Waals surface area contributed by atoms with Crippen LogP contribution in [0.25, 0.3) is 21.8 Å². The minimum absolute atomic E-state index is 0.286. The summed E-state index contributed by atoms with van der Waals surface area (Å²) in [5.74, 6) is 0. The van der Waals surface area contributed by atoms with Gasteiger partial charge in [0.25, 0.3) is 5.56 Å². The molecule has 26 heavy (non-hydrogen) atoms. The summed E-state index contributed by atoms with van der Waals surface area (Å²) in [5, 5.41) is 1.62. The zero-order valence-corrected chi connectivity index (χ0v) is 15.1. The van der Waals surface area contributed by atoms with Crippen LogP contribution in [0.1, 0.15) is 18.1 Å². The summed E-state index contributed by atoms with van der Waals surface area (Å²) >= 11 is 0. The molecular weight excluding hydrogens is 328 g/mol. The first-order chi connectivity index (χ1) is 12.5. The average molecular weight is 348 g/mol. The van der Waals surface area contributed by atoms with Crippen molar-refractivity contribution in [1.82, 2.24) is 18.7 Å². The Kier molecular flexibility index (Phi) is 3.76. The molecule has 0 saturated heterocycles. The van der Waals surface area contributed by atoms with Crippen molar-refractivity contribution < 1.29 is 0 Å². The number of pyridine rings is 1. The highest BCUT2D eigenvalue weighted by Gasteiger charge is 2.15. The molecule has 3 heterocycles. The maximum atomic E-state index is 13.0. The second-order valence-corrected chi connectivity index (χ2v) is 6.55. The van der Waals surface area contributed by atoms with Crippen molar-refractivity contribution in [2.45, 2.75) is 26.9 Å². The van der Waals surface area contributed by atoms with Crippen molar-refractivity contribution in [1.29, 1.82) is 0 Å². The third-order valence-electron chi connectivity index (χ3n) is 4.97. The monoisotopic (exact) mass is 348 g/mol. The van der Waals surface area contributed by atoms with E-state index < -0.39 is 0 Å². The Bertz CT molecular complexity index is 1260. The van der Waals surface area contributed by atoms with Gasteiger partial charge in [-0.3, -0.25) is 18.9 Å². The van der Waals surface area contributed by atoms with E-state index in [4.69, 9.17) is 0 Å². The first kappa shape index (κ1) is 16.3. The van der Waals surface area contributed by atoms with Crippen molar-refractivity contribution in [2.24, 2.45) is 7.05 Å². The number of hydrogen-bond acceptors (Lipinski definition) is 3.